The number of likely N-dealkylation sites (tertiary alicyclic amines) is 2. The Morgan fingerprint density at radius 3 is 2.68 bits per heavy atom. The summed E-state index contributed by atoms with van der Waals surface area (Å²) in [6.07, 6.45) is 6.31. The first-order valence-corrected chi connectivity index (χ1v) is 9.80. The molecule has 0 N–H and O–H groups in total. The predicted molar refractivity (Wildman–Crippen MR) is 97.9 cm³/mol. The molecule has 0 radical (unpaired) electrons. The van der Waals surface area contributed by atoms with E-state index in [9.17, 15) is 9.59 Å². The van der Waals surface area contributed by atoms with Crippen LogP contribution in [-0.2, 0) is 4.79 Å². The largest absolute Gasteiger partial charge is 0.338 e. The van der Waals surface area contributed by atoms with Crippen molar-refractivity contribution in [1.29, 1.82) is 0 Å². The summed E-state index contributed by atoms with van der Waals surface area (Å²) in [5.74, 6) is 0.0484. The average Bonchev–Trinajstić information content (AvgIpc) is 3.23. The van der Waals surface area contributed by atoms with E-state index in [4.69, 9.17) is 0 Å². The number of fused-ring (bicyclic) bond motifs is 1. The van der Waals surface area contributed by atoms with E-state index in [1.54, 1.807) is 0 Å². The summed E-state index contributed by atoms with van der Waals surface area (Å²) in [5, 5.41) is 0. The third-order valence-corrected chi connectivity index (χ3v) is 6.15. The summed E-state index contributed by atoms with van der Waals surface area (Å²) in [5.41, 5.74) is 2.81. The van der Waals surface area contributed by atoms with E-state index >= 15 is 0 Å². The summed E-state index contributed by atoms with van der Waals surface area (Å²) in [4.78, 5) is 30.3. The fourth-order valence-corrected chi connectivity index (χ4v) is 4.79. The second kappa shape index (κ2) is 6.91. The van der Waals surface area contributed by atoms with Crippen molar-refractivity contribution in [2.75, 3.05) is 26.2 Å². The number of amides is 1. The van der Waals surface area contributed by atoms with Gasteiger partial charge in [-0.1, -0.05) is 17.7 Å². The number of hydrogen-bond acceptors (Lipinski definition) is 3. The highest BCUT2D eigenvalue weighted by molar-refractivity contribution is 6.06. The number of rotatable bonds is 3. The molecule has 1 aromatic rings. The number of hydrogen-bond donors (Lipinski definition) is 0. The standard InChI is InChI=1S/C21H28N2O2/c1-15-7-8-17-18(12-15)20(24)13-19(17)21(25)23-11-3-2-6-16(23)14-22-9-4-5-10-22/h7-8,12,16,19H,2-6,9-11,13-14H2,1H3. The third-order valence-electron chi connectivity index (χ3n) is 6.15. The van der Waals surface area contributed by atoms with Gasteiger partial charge in [-0.2, -0.15) is 0 Å². The maximum Gasteiger partial charge on any atom is 0.230 e. The molecule has 1 amide bonds. The van der Waals surface area contributed by atoms with Gasteiger partial charge in [0.1, 0.15) is 0 Å². The van der Waals surface area contributed by atoms with Gasteiger partial charge < -0.3 is 9.80 Å². The van der Waals surface area contributed by atoms with E-state index in [2.05, 4.69) is 9.80 Å². The molecule has 0 aromatic heterocycles. The first-order chi connectivity index (χ1) is 12.1. The molecule has 3 aliphatic rings. The summed E-state index contributed by atoms with van der Waals surface area (Å²) >= 11 is 0. The molecule has 1 aromatic carbocycles. The molecule has 25 heavy (non-hydrogen) atoms. The lowest BCUT2D eigenvalue weighted by Gasteiger charge is -2.39. The SMILES string of the molecule is Cc1ccc2c(c1)C(=O)CC2C(=O)N1CCCCC1CN1CCCC1. The van der Waals surface area contributed by atoms with Crippen LogP contribution < -0.4 is 0 Å². The maximum absolute atomic E-state index is 13.3. The molecule has 2 unspecified atom stereocenters. The van der Waals surface area contributed by atoms with E-state index in [1.165, 1.54) is 32.4 Å². The molecule has 2 heterocycles. The van der Waals surface area contributed by atoms with Crippen molar-refractivity contribution in [1.82, 2.24) is 9.80 Å². The van der Waals surface area contributed by atoms with Crippen LogP contribution >= 0.6 is 0 Å². The number of aryl methyl sites for hydroxylation is 1. The quantitative estimate of drug-likeness (QED) is 0.849. The van der Waals surface area contributed by atoms with Crippen molar-refractivity contribution in [3.8, 4) is 0 Å². The van der Waals surface area contributed by atoms with E-state index < -0.39 is 0 Å². The monoisotopic (exact) mass is 340 g/mol. The van der Waals surface area contributed by atoms with Crippen LogP contribution in [0.4, 0.5) is 0 Å². The minimum Gasteiger partial charge on any atom is -0.338 e. The number of carbonyl (C=O) groups excluding carboxylic acids is 2. The molecule has 0 bridgehead atoms. The zero-order valence-corrected chi connectivity index (χ0v) is 15.2. The minimum atomic E-state index is -0.262. The normalized spacial score (nSPS) is 26.9. The predicted octanol–water partition coefficient (Wildman–Crippen LogP) is 3.14. The molecule has 0 saturated carbocycles. The van der Waals surface area contributed by atoms with Gasteiger partial charge in [0.25, 0.3) is 0 Å². The highest BCUT2D eigenvalue weighted by Crippen LogP contribution is 2.36. The van der Waals surface area contributed by atoms with Gasteiger partial charge in [-0.15, -0.1) is 0 Å². The van der Waals surface area contributed by atoms with E-state index in [1.807, 2.05) is 25.1 Å². The third kappa shape index (κ3) is 3.24. The summed E-state index contributed by atoms with van der Waals surface area (Å²) in [6.45, 7) is 6.20. The fourth-order valence-electron chi connectivity index (χ4n) is 4.79. The number of ketones is 1. The molecule has 4 nitrogen and oxygen atoms in total. The highest BCUT2D eigenvalue weighted by Gasteiger charge is 2.39. The molecular formula is C21H28N2O2. The molecule has 2 saturated heterocycles. The summed E-state index contributed by atoms with van der Waals surface area (Å²) in [7, 11) is 0. The minimum absolute atomic E-state index is 0.130. The van der Waals surface area contributed by atoms with E-state index in [0.717, 1.165) is 42.6 Å². The van der Waals surface area contributed by atoms with Crippen molar-refractivity contribution in [3.63, 3.8) is 0 Å². The Morgan fingerprint density at radius 2 is 1.88 bits per heavy atom. The molecule has 2 fully saturated rings. The van der Waals surface area contributed by atoms with Crippen LogP contribution in [0.25, 0.3) is 0 Å². The Kier molecular flexibility index (Phi) is 4.63. The van der Waals surface area contributed by atoms with Crippen LogP contribution in [0.1, 0.15) is 65.9 Å². The Balaban J connectivity index is 1.54. The van der Waals surface area contributed by atoms with Gasteiger partial charge in [0.2, 0.25) is 5.91 Å². The zero-order chi connectivity index (χ0) is 17.4. The molecule has 1 aliphatic carbocycles. The van der Waals surface area contributed by atoms with Gasteiger partial charge in [0.05, 0.1) is 5.92 Å². The summed E-state index contributed by atoms with van der Waals surface area (Å²) in [6, 6.07) is 6.29. The van der Waals surface area contributed by atoms with Gasteiger partial charge in [-0.3, -0.25) is 9.59 Å². The number of nitrogens with zero attached hydrogens (tertiary/aromatic N) is 2. The number of Topliss-reactive ketones (excluding diaryl/α,β-unsaturated/α-hetero) is 1. The lowest BCUT2D eigenvalue weighted by atomic mass is 9.95. The lowest BCUT2D eigenvalue weighted by Crippen LogP contribution is -2.50. The Labute approximate surface area is 150 Å². The number of carbonyl (C=O) groups is 2. The molecule has 2 atom stereocenters. The maximum atomic E-state index is 13.3. The molecular weight excluding hydrogens is 312 g/mol. The van der Waals surface area contributed by atoms with Crippen molar-refractivity contribution in [3.05, 3.63) is 34.9 Å². The Morgan fingerprint density at radius 1 is 1.12 bits per heavy atom. The van der Waals surface area contributed by atoms with Crippen LogP contribution in [0, 0.1) is 6.92 Å². The van der Waals surface area contributed by atoms with Crippen LogP contribution in [0.2, 0.25) is 0 Å². The molecule has 134 valence electrons. The Bertz CT molecular complexity index is 678. The Hall–Kier alpha value is -1.68. The molecule has 4 rings (SSSR count). The van der Waals surface area contributed by atoms with Crippen molar-refractivity contribution < 1.29 is 9.59 Å². The van der Waals surface area contributed by atoms with Crippen LogP contribution in [0.5, 0.6) is 0 Å². The topological polar surface area (TPSA) is 40.6 Å². The van der Waals surface area contributed by atoms with Crippen molar-refractivity contribution in [2.24, 2.45) is 0 Å². The van der Waals surface area contributed by atoms with Crippen LogP contribution in [-0.4, -0.2) is 53.7 Å². The van der Waals surface area contributed by atoms with Gasteiger partial charge in [-0.05, 0) is 63.7 Å². The smallest absolute Gasteiger partial charge is 0.230 e. The van der Waals surface area contributed by atoms with Gasteiger partial charge in [0, 0.05) is 31.1 Å². The number of benzene rings is 1. The average molecular weight is 340 g/mol. The summed E-state index contributed by atoms with van der Waals surface area (Å²) < 4.78 is 0. The molecule has 2 aliphatic heterocycles. The van der Waals surface area contributed by atoms with Crippen molar-refractivity contribution >= 4 is 11.7 Å². The lowest BCUT2D eigenvalue weighted by molar-refractivity contribution is -0.136. The van der Waals surface area contributed by atoms with Gasteiger partial charge in [0.15, 0.2) is 5.78 Å². The molecule has 4 heteroatoms. The zero-order valence-electron chi connectivity index (χ0n) is 15.2. The molecule has 0 spiro atoms. The van der Waals surface area contributed by atoms with Crippen LogP contribution in [0.15, 0.2) is 18.2 Å². The fraction of sp³-hybridized carbons (Fsp3) is 0.619. The van der Waals surface area contributed by atoms with Gasteiger partial charge >= 0.3 is 0 Å². The van der Waals surface area contributed by atoms with Crippen LogP contribution in [0.3, 0.4) is 0 Å². The first-order valence-electron chi connectivity index (χ1n) is 9.80. The van der Waals surface area contributed by atoms with E-state index in [-0.39, 0.29) is 17.6 Å². The highest BCUT2D eigenvalue weighted by atomic mass is 16.2. The van der Waals surface area contributed by atoms with Crippen molar-refractivity contribution in [2.45, 2.75) is 57.4 Å². The van der Waals surface area contributed by atoms with E-state index in [0.29, 0.717) is 12.5 Å². The second-order valence-corrected chi connectivity index (χ2v) is 7.96. The van der Waals surface area contributed by atoms with Gasteiger partial charge in [-0.25, -0.2) is 0 Å². The second-order valence-electron chi connectivity index (χ2n) is 7.96. The number of piperidine rings is 1. The first kappa shape index (κ1) is 16.8.